The van der Waals surface area contributed by atoms with E-state index in [0.29, 0.717) is 0 Å². The minimum atomic E-state index is -0.167. The van der Waals surface area contributed by atoms with E-state index in [2.05, 4.69) is 0 Å². The van der Waals surface area contributed by atoms with Crippen molar-refractivity contribution in [2.24, 2.45) is 0 Å². The summed E-state index contributed by atoms with van der Waals surface area (Å²) in [7, 11) is 0. The molecule has 0 N–H and O–H groups in total. The van der Waals surface area contributed by atoms with E-state index < -0.39 is 0 Å². The molecule has 1 aliphatic rings. The first-order chi connectivity index (χ1) is 3.43. The Morgan fingerprint density at radius 1 is 1.29 bits per heavy atom. The van der Waals surface area contributed by atoms with Gasteiger partial charge in [-0.2, -0.15) is 0 Å². The van der Waals surface area contributed by atoms with Crippen LogP contribution in [-0.2, 0) is 0 Å². The Bertz CT molecular complexity index is 46.1. The lowest BCUT2D eigenvalue weighted by molar-refractivity contribution is 0.492. The normalized spacial score (nSPS) is 23.6. The van der Waals surface area contributed by atoms with Crippen molar-refractivity contribution in [2.45, 2.75) is 25.7 Å². The fourth-order valence-corrected chi connectivity index (χ4v) is 1.01. The van der Waals surface area contributed by atoms with Gasteiger partial charge in [0.15, 0.2) is 0 Å². The number of halogens is 1. The maximum absolute atomic E-state index is 11.7. The predicted molar refractivity (Wildman–Crippen MR) is 27.7 cm³/mol. The van der Waals surface area contributed by atoms with Crippen LogP contribution in [0, 0.1) is 5.92 Å². The minimum Gasteiger partial charge on any atom is -0.250 e. The maximum Gasteiger partial charge on any atom is 0.0956 e. The van der Waals surface area contributed by atoms with E-state index in [1.165, 1.54) is 12.8 Å². The summed E-state index contributed by atoms with van der Waals surface area (Å²) in [6.07, 6.45) is 4.55. The fourth-order valence-electron chi connectivity index (χ4n) is 1.01. The molecule has 0 unspecified atom stereocenters. The van der Waals surface area contributed by atoms with Gasteiger partial charge in [0, 0.05) is 5.92 Å². The van der Waals surface area contributed by atoms with Gasteiger partial charge in [0.2, 0.25) is 0 Å². The van der Waals surface area contributed by atoms with Crippen LogP contribution in [0.2, 0.25) is 0 Å². The first kappa shape index (κ1) is 5.07. The standard InChI is InChI=1S/C6H10F/c7-5-6-3-1-2-4-6/h1-5H2. The van der Waals surface area contributed by atoms with E-state index in [1.54, 1.807) is 0 Å². The van der Waals surface area contributed by atoms with E-state index >= 15 is 0 Å². The van der Waals surface area contributed by atoms with Crippen molar-refractivity contribution in [3.63, 3.8) is 0 Å². The number of hydrogen-bond acceptors (Lipinski definition) is 0. The summed E-state index contributed by atoms with van der Waals surface area (Å²) in [5, 5.41) is 0. The zero-order valence-electron chi connectivity index (χ0n) is 4.41. The van der Waals surface area contributed by atoms with Gasteiger partial charge in [-0.3, -0.25) is 4.39 Å². The minimum absolute atomic E-state index is 0.167. The highest BCUT2D eigenvalue weighted by Crippen LogP contribution is 2.26. The van der Waals surface area contributed by atoms with Gasteiger partial charge in [-0.25, -0.2) is 0 Å². The molecule has 0 heterocycles. The Morgan fingerprint density at radius 2 is 1.86 bits per heavy atom. The van der Waals surface area contributed by atoms with Crippen molar-refractivity contribution < 1.29 is 4.39 Å². The first-order valence-electron chi connectivity index (χ1n) is 2.83. The van der Waals surface area contributed by atoms with Gasteiger partial charge in [-0.15, -0.1) is 0 Å². The predicted octanol–water partition coefficient (Wildman–Crippen LogP) is 2.10. The van der Waals surface area contributed by atoms with Crippen molar-refractivity contribution >= 4 is 0 Å². The Kier molecular flexibility index (Phi) is 1.66. The summed E-state index contributed by atoms with van der Waals surface area (Å²) in [5.74, 6) is 1.13. The average molecular weight is 101 g/mol. The van der Waals surface area contributed by atoms with Gasteiger partial charge in [0.25, 0.3) is 0 Å². The van der Waals surface area contributed by atoms with Gasteiger partial charge in [-0.1, -0.05) is 12.8 Å². The van der Waals surface area contributed by atoms with Crippen LogP contribution in [0.5, 0.6) is 0 Å². The molecule has 0 nitrogen and oxygen atoms in total. The Morgan fingerprint density at radius 3 is 2.14 bits per heavy atom. The van der Waals surface area contributed by atoms with Gasteiger partial charge in [-0.05, 0) is 12.8 Å². The van der Waals surface area contributed by atoms with Crippen LogP contribution in [0.4, 0.5) is 4.39 Å². The van der Waals surface area contributed by atoms with Crippen LogP contribution < -0.4 is 0 Å². The Labute approximate surface area is 43.7 Å². The highest BCUT2D eigenvalue weighted by molar-refractivity contribution is 4.93. The van der Waals surface area contributed by atoms with E-state index in [-0.39, 0.29) is 6.67 Å². The van der Waals surface area contributed by atoms with Crippen molar-refractivity contribution in [2.75, 3.05) is 6.67 Å². The molecule has 0 aromatic carbocycles. The zero-order chi connectivity index (χ0) is 5.11. The highest BCUT2D eigenvalue weighted by Gasteiger charge is 2.13. The molecule has 1 rings (SSSR count). The third-order valence-electron chi connectivity index (χ3n) is 1.50. The number of alkyl halides is 1. The molecule has 0 saturated heterocycles. The molecule has 7 heavy (non-hydrogen) atoms. The molecule has 0 aromatic heterocycles. The third kappa shape index (κ3) is 1.15. The van der Waals surface area contributed by atoms with E-state index in [9.17, 15) is 4.39 Å². The second-order valence-electron chi connectivity index (χ2n) is 2.09. The van der Waals surface area contributed by atoms with Crippen LogP contribution in [0.25, 0.3) is 0 Å². The molecule has 0 spiro atoms. The van der Waals surface area contributed by atoms with Gasteiger partial charge in [0.05, 0.1) is 6.67 Å². The van der Waals surface area contributed by atoms with Crippen molar-refractivity contribution in [3.8, 4) is 0 Å². The summed E-state index contributed by atoms with van der Waals surface area (Å²) in [5.41, 5.74) is 0. The number of rotatable bonds is 1. The molecule has 1 heteroatoms. The quantitative estimate of drug-likeness (QED) is 0.474. The number of hydrogen-bond donors (Lipinski definition) is 0. The van der Waals surface area contributed by atoms with Gasteiger partial charge >= 0.3 is 0 Å². The highest BCUT2D eigenvalue weighted by atomic mass is 19.1. The van der Waals surface area contributed by atoms with Gasteiger partial charge < -0.3 is 0 Å². The lowest BCUT2D eigenvalue weighted by atomic mass is 10.1. The van der Waals surface area contributed by atoms with Crippen molar-refractivity contribution in [1.82, 2.24) is 0 Å². The van der Waals surface area contributed by atoms with Crippen LogP contribution in [0.15, 0.2) is 0 Å². The molecule has 0 atom stereocenters. The molecule has 41 valence electrons. The molecule has 0 aliphatic heterocycles. The van der Waals surface area contributed by atoms with Crippen molar-refractivity contribution in [1.29, 1.82) is 0 Å². The topological polar surface area (TPSA) is 0 Å². The Hall–Kier alpha value is -0.0700. The third-order valence-corrected chi connectivity index (χ3v) is 1.50. The summed E-state index contributed by atoms with van der Waals surface area (Å²) < 4.78 is 11.7. The molecule has 1 saturated carbocycles. The SMILES string of the molecule is FC[C]1CCCC1. The van der Waals surface area contributed by atoms with Crippen molar-refractivity contribution in [3.05, 3.63) is 5.92 Å². The summed E-state index contributed by atoms with van der Waals surface area (Å²) in [6.45, 7) is -0.167. The van der Waals surface area contributed by atoms with Crippen LogP contribution in [-0.4, -0.2) is 6.67 Å². The molecular weight excluding hydrogens is 91.1 g/mol. The molecule has 1 fully saturated rings. The fraction of sp³-hybridized carbons (Fsp3) is 0.833. The zero-order valence-corrected chi connectivity index (χ0v) is 4.41. The van der Waals surface area contributed by atoms with E-state index in [1.807, 2.05) is 0 Å². The summed E-state index contributed by atoms with van der Waals surface area (Å²) >= 11 is 0. The monoisotopic (exact) mass is 101 g/mol. The molecule has 0 aromatic rings. The lowest BCUT2D eigenvalue weighted by Crippen LogP contribution is -1.89. The van der Waals surface area contributed by atoms with E-state index in [4.69, 9.17) is 0 Å². The Balaban J connectivity index is 2.14. The molecule has 1 aliphatic carbocycles. The average Bonchev–Trinajstić information content (AvgIpc) is 2.14. The second-order valence-corrected chi connectivity index (χ2v) is 2.09. The van der Waals surface area contributed by atoms with Crippen LogP contribution in [0.3, 0.4) is 0 Å². The maximum atomic E-state index is 11.7. The first-order valence-corrected chi connectivity index (χ1v) is 2.83. The lowest BCUT2D eigenvalue weighted by Gasteiger charge is -1.95. The second kappa shape index (κ2) is 2.29. The summed E-state index contributed by atoms with van der Waals surface area (Å²) in [6, 6.07) is 0. The molecule has 1 radical (unpaired) electrons. The van der Waals surface area contributed by atoms with Crippen LogP contribution >= 0.6 is 0 Å². The van der Waals surface area contributed by atoms with Gasteiger partial charge in [0.1, 0.15) is 0 Å². The molecule has 0 bridgehead atoms. The molecular formula is C6H10F. The summed E-state index contributed by atoms with van der Waals surface area (Å²) in [4.78, 5) is 0. The molecule has 0 amide bonds. The van der Waals surface area contributed by atoms with E-state index in [0.717, 1.165) is 18.8 Å². The smallest absolute Gasteiger partial charge is 0.0956 e. The largest absolute Gasteiger partial charge is 0.250 e. The van der Waals surface area contributed by atoms with Crippen LogP contribution in [0.1, 0.15) is 25.7 Å².